The number of fused-ring (bicyclic) bond motifs is 2. The number of rotatable bonds is 6. The van der Waals surface area contributed by atoms with E-state index < -0.39 is 21.6 Å². The van der Waals surface area contributed by atoms with E-state index in [-0.39, 0.29) is 10.5 Å². The zero-order valence-electron chi connectivity index (χ0n) is 27.2. The summed E-state index contributed by atoms with van der Waals surface area (Å²) in [7, 11) is -0.252. The van der Waals surface area contributed by atoms with E-state index in [0.717, 1.165) is 42.0 Å². The van der Waals surface area contributed by atoms with Crippen molar-refractivity contribution >= 4 is 27.2 Å². The number of likely N-dealkylation sites (N-methyl/N-ethyl adjacent to an activating group) is 1. The van der Waals surface area contributed by atoms with E-state index in [0.29, 0.717) is 33.5 Å². The van der Waals surface area contributed by atoms with Crippen LogP contribution in [0.3, 0.4) is 0 Å². The highest BCUT2D eigenvalue weighted by molar-refractivity contribution is 7.90. The third kappa shape index (κ3) is 5.90. The van der Waals surface area contributed by atoms with Crippen molar-refractivity contribution in [3.8, 4) is 28.1 Å². The molecule has 0 radical (unpaired) electrons. The lowest BCUT2D eigenvalue weighted by Gasteiger charge is -2.27. The van der Waals surface area contributed by atoms with E-state index in [4.69, 9.17) is 19.4 Å². The van der Waals surface area contributed by atoms with Gasteiger partial charge in [-0.3, -0.25) is 0 Å². The first kappa shape index (κ1) is 31.4. The molecule has 10 heteroatoms. The first-order valence-electron chi connectivity index (χ1n) is 15.2. The van der Waals surface area contributed by atoms with Crippen molar-refractivity contribution in [3.05, 3.63) is 94.8 Å². The van der Waals surface area contributed by atoms with Crippen LogP contribution >= 0.6 is 0 Å². The number of esters is 1. The molecule has 1 aliphatic heterocycles. The maximum atomic E-state index is 14.0. The van der Waals surface area contributed by atoms with Crippen LogP contribution in [0.15, 0.2) is 71.9 Å². The Bertz CT molecular complexity index is 2090. The second-order valence-corrected chi connectivity index (χ2v) is 14.7. The van der Waals surface area contributed by atoms with Gasteiger partial charge in [-0.05, 0) is 101 Å². The Labute approximate surface area is 269 Å². The Morgan fingerprint density at radius 1 is 0.978 bits per heavy atom. The zero-order valence-corrected chi connectivity index (χ0v) is 28.0. The monoisotopic (exact) mass is 638 g/mol. The molecule has 0 amide bonds. The van der Waals surface area contributed by atoms with E-state index in [1.54, 1.807) is 55.9 Å². The molecule has 9 nitrogen and oxygen atoms in total. The van der Waals surface area contributed by atoms with Gasteiger partial charge in [0, 0.05) is 30.4 Å². The van der Waals surface area contributed by atoms with Gasteiger partial charge in [-0.1, -0.05) is 29.8 Å². The van der Waals surface area contributed by atoms with Gasteiger partial charge < -0.3 is 14.4 Å². The number of ether oxygens (including phenoxy) is 2. The lowest BCUT2D eigenvalue weighted by molar-refractivity contribution is 0.00687. The van der Waals surface area contributed by atoms with Crippen LogP contribution in [0.25, 0.3) is 33.5 Å². The second-order valence-electron chi connectivity index (χ2n) is 12.9. The van der Waals surface area contributed by atoms with E-state index in [1.165, 1.54) is 9.54 Å². The molecular formula is C36H38N4O5S. The molecule has 0 bridgehead atoms. The van der Waals surface area contributed by atoms with E-state index in [1.807, 2.05) is 46.8 Å². The number of hydrogen-bond donors (Lipinski definition) is 0. The smallest absolute Gasteiger partial charge is 0.338 e. The van der Waals surface area contributed by atoms with Crippen LogP contribution in [-0.2, 0) is 27.7 Å². The van der Waals surface area contributed by atoms with Crippen LogP contribution in [0.4, 0.5) is 0 Å². The molecular weight excluding hydrogens is 600 g/mol. The minimum absolute atomic E-state index is 0.146. The fourth-order valence-corrected chi connectivity index (χ4v) is 7.16. The van der Waals surface area contributed by atoms with Crippen molar-refractivity contribution in [2.45, 2.75) is 58.1 Å². The minimum Gasteiger partial charge on any atom is -0.496 e. The summed E-state index contributed by atoms with van der Waals surface area (Å²) < 4.78 is 40.6. The van der Waals surface area contributed by atoms with Crippen LogP contribution in [-0.4, -0.2) is 59.5 Å². The van der Waals surface area contributed by atoms with Crippen LogP contribution in [0.2, 0.25) is 0 Å². The quantitative estimate of drug-likeness (QED) is 0.193. The number of benzene rings is 3. The van der Waals surface area contributed by atoms with Gasteiger partial charge in [-0.25, -0.2) is 27.2 Å². The van der Waals surface area contributed by atoms with Crippen molar-refractivity contribution in [1.82, 2.24) is 18.8 Å². The van der Waals surface area contributed by atoms with Gasteiger partial charge in [-0.15, -0.1) is 0 Å². The summed E-state index contributed by atoms with van der Waals surface area (Å²) >= 11 is 0. The highest BCUT2D eigenvalue weighted by atomic mass is 32.2. The van der Waals surface area contributed by atoms with Crippen LogP contribution < -0.4 is 4.74 Å². The molecule has 0 N–H and O–H groups in total. The Morgan fingerprint density at radius 2 is 1.72 bits per heavy atom. The SMILES string of the molecule is COc1cc(-c2cnc3c(n2)c(-c2ccc(C(=O)OC(C)(C)C)c(C)c2)cn3S(=O)(=O)c2ccc(C)cc2)cc2c1CCN(C)C2. The third-order valence-electron chi connectivity index (χ3n) is 8.20. The highest BCUT2D eigenvalue weighted by Crippen LogP contribution is 2.36. The molecule has 0 saturated carbocycles. The average Bonchev–Trinajstić information content (AvgIpc) is 3.39. The summed E-state index contributed by atoms with van der Waals surface area (Å²) in [6, 6.07) is 16.1. The van der Waals surface area contributed by atoms with Gasteiger partial charge in [0.25, 0.3) is 10.0 Å². The Morgan fingerprint density at radius 3 is 2.39 bits per heavy atom. The van der Waals surface area contributed by atoms with Crippen molar-refractivity contribution in [1.29, 1.82) is 0 Å². The number of hydrogen-bond acceptors (Lipinski definition) is 8. The fourth-order valence-electron chi connectivity index (χ4n) is 5.85. The molecule has 0 spiro atoms. The van der Waals surface area contributed by atoms with E-state index >= 15 is 0 Å². The van der Waals surface area contributed by atoms with Gasteiger partial charge >= 0.3 is 5.97 Å². The number of aromatic nitrogens is 3. The summed E-state index contributed by atoms with van der Waals surface area (Å²) in [6.07, 6.45) is 4.06. The lowest BCUT2D eigenvalue weighted by Crippen LogP contribution is -2.26. The fraction of sp³-hybridized carbons (Fsp3) is 0.306. The molecule has 2 aromatic heterocycles. The third-order valence-corrected chi connectivity index (χ3v) is 9.86. The zero-order chi connectivity index (χ0) is 33.0. The number of methoxy groups -OCH3 is 1. The van der Waals surface area contributed by atoms with Gasteiger partial charge in [-0.2, -0.15) is 0 Å². The summed E-state index contributed by atoms with van der Waals surface area (Å²) in [5, 5.41) is 0. The van der Waals surface area contributed by atoms with Crippen LogP contribution in [0.5, 0.6) is 5.75 Å². The normalized spacial score (nSPS) is 13.9. The summed E-state index contributed by atoms with van der Waals surface area (Å²) in [6.45, 7) is 10.9. The molecule has 46 heavy (non-hydrogen) atoms. The van der Waals surface area contributed by atoms with Crippen molar-refractivity contribution < 1.29 is 22.7 Å². The highest BCUT2D eigenvalue weighted by Gasteiger charge is 2.26. The number of carbonyl (C=O) groups excluding carboxylic acids is 1. The molecule has 0 unspecified atom stereocenters. The Hall–Kier alpha value is -4.54. The van der Waals surface area contributed by atoms with Gasteiger partial charge in [0.1, 0.15) is 16.9 Å². The molecule has 0 saturated heterocycles. The molecule has 1 aliphatic rings. The predicted octanol–water partition coefficient (Wildman–Crippen LogP) is 6.57. The molecule has 3 heterocycles. The maximum absolute atomic E-state index is 14.0. The topological polar surface area (TPSA) is 104 Å². The van der Waals surface area contributed by atoms with Crippen molar-refractivity contribution in [2.24, 2.45) is 0 Å². The molecule has 0 aliphatic carbocycles. The Kier molecular flexibility index (Phi) is 7.98. The number of nitrogens with zero attached hydrogens (tertiary/aromatic N) is 4. The van der Waals surface area contributed by atoms with Gasteiger partial charge in [0.15, 0.2) is 5.65 Å². The first-order chi connectivity index (χ1) is 21.7. The summed E-state index contributed by atoms with van der Waals surface area (Å²) in [4.78, 5) is 25.0. The van der Waals surface area contributed by atoms with Crippen molar-refractivity contribution in [2.75, 3.05) is 20.7 Å². The maximum Gasteiger partial charge on any atom is 0.338 e. The molecule has 0 atom stereocenters. The molecule has 0 fully saturated rings. The predicted molar refractivity (Wildman–Crippen MR) is 179 cm³/mol. The van der Waals surface area contributed by atoms with E-state index in [2.05, 4.69) is 18.0 Å². The summed E-state index contributed by atoms with van der Waals surface area (Å²) in [5.74, 6) is 0.380. The number of aryl methyl sites for hydroxylation is 2. The van der Waals surface area contributed by atoms with Crippen LogP contribution in [0.1, 0.15) is 53.4 Å². The largest absolute Gasteiger partial charge is 0.496 e. The average molecular weight is 639 g/mol. The molecule has 3 aromatic carbocycles. The molecule has 5 aromatic rings. The standard InChI is InChI=1S/C36H38N4O5S/c1-22-8-11-27(12-9-22)46(42,43)40-21-30(24-10-13-28(23(2)16-24)35(41)45-36(3,4)5)33-34(40)37-19-31(38-33)25-17-26-20-39(6)15-14-29(26)32(18-25)44-7/h8-13,16-19,21H,14-15,20H2,1-7H3. The van der Waals surface area contributed by atoms with Gasteiger partial charge in [0.2, 0.25) is 0 Å². The minimum atomic E-state index is -4.01. The van der Waals surface area contributed by atoms with Crippen LogP contribution in [0, 0.1) is 13.8 Å². The first-order valence-corrected chi connectivity index (χ1v) is 16.6. The molecule has 238 valence electrons. The lowest BCUT2D eigenvalue weighted by atomic mass is 9.95. The van der Waals surface area contributed by atoms with Crippen molar-refractivity contribution in [3.63, 3.8) is 0 Å². The van der Waals surface area contributed by atoms with Gasteiger partial charge in [0.05, 0.1) is 29.5 Å². The Balaban J connectivity index is 1.54. The summed E-state index contributed by atoms with van der Waals surface area (Å²) in [5.41, 5.74) is 7.13. The second kappa shape index (κ2) is 11.7. The van der Waals surface area contributed by atoms with E-state index in [9.17, 15) is 13.2 Å². The number of carbonyl (C=O) groups is 1. The molecule has 6 rings (SSSR count).